The van der Waals surface area contributed by atoms with E-state index >= 15 is 0 Å². The first kappa shape index (κ1) is 21.6. The van der Waals surface area contributed by atoms with Crippen LogP contribution in [0.15, 0.2) is 12.1 Å². The van der Waals surface area contributed by atoms with Crippen LogP contribution in [0.3, 0.4) is 0 Å². The fraction of sp³-hybridized carbons (Fsp3) is 0.611. The minimum absolute atomic E-state index is 0.0199. The number of benzene rings is 1. The molecule has 27 heavy (non-hydrogen) atoms. The Bertz CT molecular complexity index is 697. The molecule has 1 aromatic carbocycles. The molecule has 2 rings (SSSR count). The fourth-order valence-corrected chi connectivity index (χ4v) is 2.61. The molecule has 1 heterocycles. The van der Waals surface area contributed by atoms with Crippen LogP contribution in [-0.4, -0.2) is 61.0 Å². The van der Waals surface area contributed by atoms with Crippen molar-refractivity contribution in [2.75, 3.05) is 20.2 Å². The molecule has 0 aliphatic carbocycles. The lowest BCUT2D eigenvalue weighted by Gasteiger charge is -2.37. The van der Waals surface area contributed by atoms with Gasteiger partial charge in [0.05, 0.1) is 23.9 Å². The summed E-state index contributed by atoms with van der Waals surface area (Å²) < 4.78 is 49.0. The number of halogens is 3. The highest BCUT2D eigenvalue weighted by Crippen LogP contribution is 2.30. The average Bonchev–Trinajstić information content (AvgIpc) is 2.52. The van der Waals surface area contributed by atoms with Crippen molar-refractivity contribution in [3.05, 3.63) is 23.3 Å². The van der Waals surface area contributed by atoms with Crippen molar-refractivity contribution >= 4 is 18.9 Å². The summed E-state index contributed by atoms with van der Waals surface area (Å²) >= 11 is 0. The number of aliphatic hydroxyl groups is 1. The van der Waals surface area contributed by atoms with Gasteiger partial charge in [0, 0.05) is 6.54 Å². The topological polar surface area (TPSA) is 59.0 Å². The molecule has 5 nitrogen and oxygen atoms in total. The maximum absolute atomic E-state index is 12.7. The van der Waals surface area contributed by atoms with Gasteiger partial charge in [0.25, 0.3) is 5.91 Å². The maximum Gasteiger partial charge on any atom is 0.406 e. The number of hydrogen-bond donors (Lipinski definition) is 1. The van der Waals surface area contributed by atoms with Crippen LogP contribution >= 0.6 is 0 Å². The molecule has 9 heteroatoms. The van der Waals surface area contributed by atoms with Gasteiger partial charge in [-0.15, -0.1) is 0 Å². The molecular formula is C18H24BF3NO4. The van der Waals surface area contributed by atoms with E-state index in [1.165, 1.54) is 20.7 Å². The van der Waals surface area contributed by atoms with Crippen molar-refractivity contribution in [3.8, 4) is 5.75 Å². The predicted molar refractivity (Wildman–Crippen MR) is 95.5 cm³/mol. The number of ether oxygens (including phenoxy) is 1. The Hall–Kier alpha value is -1.74. The molecule has 1 N–H and O–H groups in total. The van der Waals surface area contributed by atoms with E-state index in [-0.39, 0.29) is 24.3 Å². The van der Waals surface area contributed by atoms with E-state index < -0.39 is 29.8 Å². The Labute approximate surface area is 157 Å². The molecule has 1 aromatic rings. The highest BCUT2D eigenvalue weighted by atomic mass is 19.4. The summed E-state index contributed by atoms with van der Waals surface area (Å²) in [6.07, 6.45) is -4.17. The lowest BCUT2D eigenvalue weighted by atomic mass is 9.80. The molecule has 0 saturated heterocycles. The minimum Gasteiger partial charge on any atom is -0.496 e. The van der Waals surface area contributed by atoms with E-state index in [1.54, 1.807) is 33.8 Å². The Morgan fingerprint density at radius 3 is 2.37 bits per heavy atom. The van der Waals surface area contributed by atoms with Crippen LogP contribution in [0.1, 0.15) is 43.6 Å². The van der Waals surface area contributed by atoms with Crippen LogP contribution in [0, 0.1) is 0 Å². The minimum atomic E-state index is -4.45. The van der Waals surface area contributed by atoms with Gasteiger partial charge in [-0.3, -0.25) is 4.79 Å². The van der Waals surface area contributed by atoms with Crippen molar-refractivity contribution in [1.82, 2.24) is 4.90 Å². The zero-order chi connectivity index (χ0) is 20.6. The van der Waals surface area contributed by atoms with Crippen molar-refractivity contribution in [2.24, 2.45) is 0 Å². The van der Waals surface area contributed by atoms with Gasteiger partial charge in [0.1, 0.15) is 12.3 Å². The number of alkyl halides is 3. The third-order valence-corrected chi connectivity index (χ3v) is 4.91. The van der Waals surface area contributed by atoms with Gasteiger partial charge in [-0.2, -0.15) is 13.2 Å². The SMILES string of the molecule is COc1cc([B]OC(C)(C)C(C)(C)O)cc2c1C(=O)N(CC(F)(F)F)CC2. The molecule has 0 saturated carbocycles. The lowest BCUT2D eigenvalue weighted by Crippen LogP contribution is -2.49. The number of hydrogen-bond acceptors (Lipinski definition) is 4. The van der Waals surface area contributed by atoms with Gasteiger partial charge in [-0.05, 0) is 51.2 Å². The molecule has 0 unspecified atom stereocenters. The summed E-state index contributed by atoms with van der Waals surface area (Å²) in [6.45, 7) is 5.42. The van der Waals surface area contributed by atoms with Crippen LogP contribution in [0.4, 0.5) is 13.2 Å². The number of carbonyl (C=O) groups is 1. The normalized spacial score (nSPS) is 15.6. The third-order valence-electron chi connectivity index (χ3n) is 4.91. The summed E-state index contributed by atoms with van der Waals surface area (Å²) in [5, 5.41) is 10.2. The molecule has 0 bridgehead atoms. The van der Waals surface area contributed by atoms with Crippen molar-refractivity contribution in [3.63, 3.8) is 0 Å². The first-order valence-corrected chi connectivity index (χ1v) is 8.55. The first-order chi connectivity index (χ1) is 12.2. The van der Waals surface area contributed by atoms with E-state index in [0.717, 1.165) is 4.90 Å². The van der Waals surface area contributed by atoms with E-state index in [0.29, 0.717) is 11.0 Å². The summed E-state index contributed by atoms with van der Waals surface area (Å²) in [6, 6.07) is 3.23. The van der Waals surface area contributed by atoms with E-state index in [9.17, 15) is 23.1 Å². The van der Waals surface area contributed by atoms with Crippen molar-refractivity contribution in [1.29, 1.82) is 0 Å². The number of fused-ring (bicyclic) bond motifs is 1. The first-order valence-electron chi connectivity index (χ1n) is 8.55. The molecule has 1 radical (unpaired) electrons. The summed E-state index contributed by atoms with van der Waals surface area (Å²) in [7, 11) is 2.81. The molecular weight excluding hydrogens is 362 g/mol. The van der Waals surface area contributed by atoms with Gasteiger partial charge in [-0.25, -0.2) is 0 Å². The zero-order valence-electron chi connectivity index (χ0n) is 16.1. The highest BCUT2D eigenvalue weighted by Gasteiger charge is 2.38. The van der Waals surface area contributed by atoms with Gasteiger partial charge >= 0.3 is 13.7 Å². The Morgan fingerprint density at radius 2 is 1.85 bits per heavy atom. The van der Waals surface area contributed by atoms with Gasteiger partial charge in [0.15, 0.2) is 0 Å². The van der Waals surface area contributed by atoms with Crippen LogP contribution in [0.5, 0.6) is 5.75 Å². The number of methoxy groups -OCH3 is 1. The highest BCUT2D eigenvalue weighted by molar-refractivity contribution is 6.47. The Morgan fingerprint density at radius 1 is 1.22 bits per heavy atom. The van der Waals surface area contributed by atoms with Crippen LogP contribution < -0.4 is 10.2 Å². The predicted octanol–water partition coefficient (Wildman–Crippen LogP) is 2.07. The van der Waals surface area contributed by atoms with Crippen LogP contribution in [0.2, 0.25) is 0 Å². The second-order valence-corrected chi connectivity index (χ2v) is 7.65. The maximum atomic E-state index is 12.7. The molecule has 149 valence electrons. The molecule has 0 aromatic heterocycles. The molecule has 1 amide bonds. The Kier molecular flexibility index (Phi) is 5.87. The number of nitrogens with zero attached hydrogens (tertiary/aromatic N) is 1. The van der Waals surface area contributed by atoms with Crippen LogP contribution in [0.25, 0.3) is 0 Å². The second-order valence-electron chi connectivity index (χ2n) is 7.65. The smallest absolute Gasteiger partial charge is 0.406 e. The molecule has 0 spiro atoms. The fourth-order valence-electron chi connectivity index (χ4n) is 2.61. The lowest BCUT2D eigenvalue weighted by molar-refractivity contribution is -0.141. The van der Waals surface area contributed by atoms with Crippen LogP contribution in [-0.2, 0) is 11.1 Å². The number of carbonyl (C=O) groups excluding carboxylic acids is 1. The third kappa shape index (κ3) is 4.96. The summed E-state index contributed by atoms with van der Waals surface area (Å²) in [4.78, 5) is 13.3. The number of amides is 1. The summed E-state index contributed by atoms with van der Waals surface area (Å²) in [5.41, 5.74) is -0.633. The molecule has 0 fully saturated rings. The van der Waals surface area contributed by atoms with Gasteiger partial charge in [-0.1, -0.05) is 6.07 Å². The van der Waals surface area contributed by atoms with Gasteiger partial charge < -0.3 is 19.4 Å². The van der Waals surface area contributed by atoms with Crippen molar-refractivity contribution in [2.45, 2.75) is 51.5 Å². The molecule has 1 aliphatic heterocycles. The van der Waals surface area contributed by atoms with Gasteiger partial charge in [0.2, 0.25) is 0 Å². The van der Waals surface area contributed by atoms with Crippen molar-refractivity contribution < 1.29 is 32.5 Å². The quantitative estimate of drug-likeness (QED) is 0.761. The average molecular weight is 386 g/mol. The Balaban J connectivity index is 2.27. The monoisotopic (exact) mass is 386 g/mol. The molecule has 1 aliphatic rings. The van der Waals surface area contributed by atoms with E-state index in [4.69, 9.17) is 9.39 Å². The van der Waals surface area contributed by atoms with E-state index in [1.807, 2.05) is 0 Å². The summed E-state index contributed by atoms with van der Waals surface area (Å²) in [5.74, 6) is -0.505. The largest absolute Gasteiger partial charge is 0.496 e. The molecule has 0 atom stereocenters. The van der Waals surface area contributed by atoms with E-state index in [2.05, 4.69) is 0 Å². The second kappa shape index (κ2) is 7.35. The zero-order valence-corrected chi connectivity index (χ0v) is 16.1. The number of rotatable bonds is 6. The standard InChI is InChI=1S/C18H24BF3NO4/c1-16(2,25)17(3,4)27-19-12-8-11-6-7-23(10-18(20,21)22)15(24)14(11)13(9-12)26-5/h8-9,25H,6-7,10H2,1-5H3.